The van der Waals surface area contributed by atoms with E-state index in [2.05, 4.69) is 24.0 Å². The third-order valence-corrected chi connectivity index (χ3v) is 2.16. The molecule has 1 aromatic heterocycles. The molecule has 0 atom stereocenters. The summed E-state index contributed by atoms with van der Waals surface area (Å²) >= 11 is 0. The molecule has 0 unspecified atom stereocenters. The number of rotatable bonds is 1. The summed E-state index contributed by atoms with van der Waals surface area (Å²) in [5, 5.41) is 0. The lowest BCUT2D eigenvalue weighted by atomic mass is 10.1. The van der Waals surface area contributed by atoms with Crippen molar-refractivity contribution < 1.29 is 0 Å². The zero-order valence-corrected chi connectivity index (χ0v) is 8.07. The molecule has 1 heterocycles. The molecule has 0 aliphatic heterocycles. The van der Waals surface area contributed by atoms with Crippen molar-refractivity contribution in [3.63, 3.8) is 0 Å². The number of anilines is 1. The minimum absolute atomic E-state index is 0.719. The molecule has 0 aliphatic rings. The fourth-order valence-corrected chi connectivity index (χ4v) is 1.37. The molecule has 0 radical (unpaired) electrons. The van der Waals surface area contributed by atoms with Gasteiger partial charge in [0, 0.05) is 11.8 Å². The Balaban J connectivity index is 2.50. The van der Waals surface area contributed by atoms with E-state index in [1.807, 2.05) is 24.3 Å². The molecule has 1 aromatic carbocycles. The predicted molar refractivity (Wildman–Crippen MR) is 58.8 cm³/mol. The second-order valence-electron chi connectivity index (χ2n) is 3.31. The van der Waals surface area contributed by atoms with Crippen molar-refractivity contribution in [2.24, 2.45) is 0 Å². The maximum absolute atomic E-state index is 5.83. The molecule has 0 saturated carbocycles. The summed E-state index contributed by atoms with van der Waals surface area (Å²) in [5.74, 6) is 0. The van der Waals surface area contributed by atoms with E-state index in [-0.39, 0.29) is 0 Å². The van der Waals surface area contributed by atoms with Crippen molar-refractivity contribution in [3.05, 3.63) is 48.2 Å². The standard InChI is InChI=1S/C12H12N2/c1-9-4-6-10(7-5-9)12-11(13)3-2-8-14-12/h2-8H,13H2,1H3. The molecular formula is C12H12N2. The fraction of sp³-hybridized carbons (Fsp3) is 0.0833. The van der Waals surface area contributed by atoms with Crippen molar-refractivity contribution in [2.75, 3.05) is 5.73 Å². The summed E-state index contributed by atoms with van der Waals surface area (Å²) in [5.41, 5.74) is 9.70. The van der Waals surface area contributed by atoms with Crippen molar-refractivity contribution in [2.45, 2.75) is 6.92 Å². The minimum Gasteiger partial charge on any atom is -0.397 e. The van der Waals surface area contributed by atoms with Gasteiger partial charge in [0.1, 0.15) is 0 Å². The van der Waals surface area contributed by atoms with Gasteiger partial charge in [0.15, 0.2) is 0 Å². The highest BCUT2D eigenvalue weighted by Crippen LogP contribution is 2.22. The first-order valence-electron chi connectivity index (χ1n) is 4.55. The molecule has 0 fully saturated rings. The Kier molecular flexibility index (Phi) is 2.19. The van der Waals surface area contributed by atoms with E-state index < -0.39 is 0 Å². The quantitative estimate of drug-likeness (QED) is 0.740. The molecule has 0 saturated heterocycles. The molecule has 2 nitrogen and oxygen atoms in total. The smallest absolute Gasteiger partial charge is 0.0931 e. The van der Waals surface area contributed by atoms with Crippen LogP contribution < -0.4 is 5.73 Å². The van der Waals surface area contributed by atoms with Gasteiger partial charge in [0.25, 0.3) is 0 Å². The minimum atomic E-state index is 0.719. The van der Waals surface area contributed by atoms with Gasteiger partial charge in [-0.2, -0.15) is 0 Å². The molecule has 0 aliphatic carbocycles. The lowest BCUT2D eigenvalue weighted by molar-refractivity contribution is 1.32. The molecule has 0 spiro atoms. The zero-order valence-electron chi connectivity index (χ0n) is 8.07. The van der Waals surface area contributed by atoms with Gasteiger partial charge in [0.05, 0.1) is 11.4 Å². The van der Waals surface area contributed by atoms with Crippen LogP contribution in [0.5, 0.6) is 0 Å². The van der Waals surface area contributed by atoms with Crippen LogP contribution in [0.4, 0.5) is 5.69 Å². The maximum Gasteiger partial charge on any atom is 0.0931 e. The first-order chi connectivity index (χ1) is 6.77. The van der Waals surface area contributed by atoms with Crippen LogP contribution in [0.25, 0.3) is 11.3 Å². The van der Waals surface area contributed by atoms with Gasteiger partial charge in [-0.25, -0.2) is 0 Å². The number of hydrogen-bond acceptors (Lipinski definition) is 2. The highest BCUT2D eigenvalue weighted by molar-refractivity contribution is 5.72. The van der Waals surface area contributed by atoms with E-state index in [4.69, 9.17) is 5.73 Å². The summed E-state index contributed by atoms with van der Waals surface area (Å²) in [6.07, 6.45) is 1.76. The molecule has 14 heavy (non-hydrogen) atoms. The van der Waals surface area contributed by atoms with Crippen molar-refractivity contribution >= 4 is 5.69 Å². The predicted octanol–water partition coefficient (Wildman–Crippen LogP) is 2.64. The van der Waals surface area contributed by atoms with Crippen LogP contribution >= 0.6 is 0 Å². The molecule has 2 rings (SSSR count). The Morgan fingerprint density at radius 3 is 2.43 bits per heavy atom. The average molecular weight is 184 g/mol. The summed E-state index contributed by atoms with van der Waals surface area (Å²) in [6, 6.07) is 11.9. The van der Waals surface area contributed by atoms with Gasteiger partial charge in [-0.05, 0) is 19.1 Å². The van der Waals surface area contributed by atoms with E-state index >= 15 is 0 Å². The summed E-state index contributed by atoms with van der Waals surface area (Å²) < 4.78 is 0. The number of aryl methyl sites for hydroxylation is 1. The van der Waals surface area contributed by atoms with Crippen LogP contribution in [-0.4, -0.2) is 4.98 Å². The Morgan fingerprint density at radius 1 is 1.07 bits per heavy atom. The highest BCUT2D eigenvalue weighted by Gasteiger charge is 2.01. The zero-order chi connectivity index (χ0) is 9.97. The second kappa shape index (κ2) is 3.50. The van der Waals surface area contributed by atoms with Crippen LogP contribution in [0.3, 0.4) is 0 Å². The average Bonchev–Trinajstić information content (AvgIpc) is 2.20. The molecule has 70 valence electrons. The highest BCUT2D eigenvalue weighted by atomic mass is 14.7. The van der Waals surface area contributed by atoms with E-state index in [0.29, 0.717) is 0 Å². The molecule has 2 heteroatoms. The fourth-order valence-electron chi connectivity index (χ4n) is 1.37. The lowest BCUT2D eigenvalue weighted by Gasteiger charge is -2.03. The largest absolute Gasteiger partial charge is 0.397 e. The van der Waals surface area contributed by atoms with E-state index in [1.165, 1.54) is 5.56 Å². The number of nitrogens with two attached hydrogens (primary N) is 1. The number of pyridine rings is 1. The number of nitrogens with zero attached hydrogens (tertiary/aromatic N) is 1. The number of aromatic nitrogens is 1. The molecule has 2 N–H and O–H groups in total. The lowest BCUT2D eigenvalue weighted by Crippen LogP contribution is -1.92. The molecule has 2 aromatic rings. The van der Waals surface area contributed by atoms with Crippen LogP contribution in [0, 0.1) is 6.92 Å². The van der Waals surface area contributed by atoms with Crippen LogP contribution in [0.2, 0.25) is 0 Å². The van der Waals surface area contributed by atoms with E-state index in [1.54, 1.807) is 6.20 Å². The van der Waals surface area contributed by atoms with Crippen LogP contribution in [0.15, 0.2) is 42.6 Å². The van der Waals surface area contributed by atoms with Gasteiger partial charge in [0.2, 0.25) is 0 Å². The molecule has 0 amide bonds. The third kappa shape index (κ3) is 1.59. The van der Waals surface area contributed by atoms with Crippen molar-refractivity contribution in [1.82, 2.24) is 4.98 Å². The first kappa shape index (κ1) is 8.75. The monoisotopic (exact) mass is 184 g/mol. The molecule has 0 bridgehead atoms. The Morgan fingerprint density at radius 2 is 1.79 bits per heavy atom. The van der Waals surface area contributed by atoms with Crippen molar-refractivity contribution in [3.8, 4) is 11.3 Å². The SMILES string of the molecule is Cc1ccc(-c2ncccc2N)cc1. The van der Waals surface area contributed by atoms with Gasteiger partial charge in [-0.1, -0.05) is 29.8 Å². The Hall–Kier alpha value is -1.83. The van der Waals surface area contributed by atoms with Gasteiger partial charge in [-0.15, -0.1) is 0 Å². The van der Waals surface area contributed by atoms with Gasteiger partial charge in [-0.3, -0.25) is 4.98 Å². The number of nitrogen functional groups attached to an aromatic ring is 1. The molecular weight excluding hydrogens is 172 g/mol. The maximum atomic E-state index is 5.83. The van der Waals surface area contributed by atoms with Crippen molar-refractivity contribution in [1.29, 1.82) is 0 Å². The van der Waals surface area contributed by atoms with Crippen LogP contribution in [-0.2, 0) is 0 Å². The van der Waals surface area contributed by atoms with Gasteiger partial charge < -0.3 is 5.73 Å². The third-order valence-electron chi connectivity index (χ3n) is 2.16. The summed E-state index contributed by atoms with van der Waals surface area (Å²) in [4.78, 5) is 4.25. The Bertz CT molecular complexity index is 432. The summed E-state index contributed by atoms with van der Waals surface area (Å²) in [7, 11) is 0. The Labute approximate surface area is 83.4 Å². The van der Waals surface area contributed by atoms with E-state index in [9.17, 15) is 0 Å². The topological polar surface area (TPSA) is 38.9 Å². The van der Waals surface area contributed by atoms with Crippen LogP contribution in [0.1, 0.15) is 5.56 Å². The van der Waals surface area contributed by atoms with Gasteiger partial charge >= 0.3 is 0 Å². The first-order valence-corrected chi connectivity index (χ1v) is 4.55. The second-order valence-corrected chi connectivity index (χ2v) is 3.31. The normalized spacial score (nSPS) is 10.1. The van der Waals surface area contributed by atoms with E-state index in [0.717, 1.165) is 16.9 Å². The number of hydrogen-bond donors (Lipinski definition) is 1. The number of benzene rings is 1. The summed E-state index contributed by atoms with van der Waals surface area (Å²) in [6.45, 7) is 2.06.